The third-order valence-corrected chi connectivity index (χ3v) is 2.65. The molecule has 0 spiro atoms. The Hall–Kier alpha value is -2.57. The summed E-state index contributed by atoms with van der Waals surface area (Å²) in [5, 5.41) is 0. The first kappa shape index (κ1) is 14.8. The Morgan fingerprint density at radius 3 is 2.52 bits per heavy atom. The largest absolute Gasteiger partial charge is 0.573 e. The SMILES string of the molecule is COc1nccc(C=O)c1-c1ccccc1OC(F)(F)F. The molecule has 2 rings (SSSR count). The van der Waals surface area contributed by atoms with Crippen LogP contribution in [0.15, 0.2) is 36.5 Å². The molecular weight excluding hydrogens is 287 g/mol. The van der Waals surface area contributed by atoms with Gasteiger partial charge in [0.25, 0.3) is 0 Å². The summed E-state index contributed by atoms with van der Waals surface area (Å²) in [5.41, 5.74) is 0.372. The number of alkyl halides is 3. The Morgan fingerprint density at radius 1 is 1.19 bits per heavy atom. The highest BCUT2D eigenvalue weighted by atomic mass is 19.4. The zero-order valence-electron chi connectivity index (χ0n) is 10.8. The molecule has 0 fully saturated rings. The fourth-order valence-corrected chi connectivity index (χ4v) is 1.87. The first-order valence-electron chi connectivity index (χ1n) is 5.79. The predicted molar refractivity (Wildman–Crippen MR) is 68.3 cm³/mol. The minimum atomic E-state index is -4.84. The van der Waals surface area contributed by atoms with E-state index in [2.05, 4.69) is 9.72 Å². The number of para-hydroxylation sites is 1. The standard InChI is InChI=1S/C14H10F3NO3/c1-20-13-12(9(8-19)6-7-18-13)10-4-2-3-5-11(10)21-14(15,16)17/h2-8H,1H3. The van der Waals surface area contributed by atoms with Crippen LogP contribution in [-0.4, -0.2) is 24.7 Å². The molecule has 4 nitrogen and oxygen atoms in total. The van der Waals surface area contributed by atoms with Gasteiger partial charge in [0.1, 0.15) is 5.75 Å². The van der Waals surface area contributed by atoms with E-state index in [0.29, 0.717) is 6.29 Å². The average molecular weight is 297 g/mol. The van der Waals surface area contributed by atoms with Crippen molar-refractivity contribution >= 4 is 6.29 Å². The fourth-order valence-electron chi connectivity index (χ4n) is 1.87. The van der Waals surface area contributed by atoms with Gasteiger partial charge in [-0.25, -0.2) is 4.98 Å². The molecule has 110 valence electrons. The van der Waals surface area contributed by atoms with Crippen LogP contribution in [0.4, 0.5) is 13.2 Å². The lowest BCUT2D eigenvalue weighted by atomic mass is 10.0. The molecule has 0 aliphatic carbocycles. The molecule has 1 aromatic carbocycles. The molecule has 1 heterocycles. The number of nitrogens with zero attached hydrogens (tertiary/aromatic N) is 1. The summed E-state index contributed by atoms with van der Waals surface area (Å²) in [5.74, 6) is -0.391. The number of benzene rings is 1. The summed E-state index contributed by atoms with van der Waals surface area (Å²) in [6.45, 7) is 0. The molecule has 0 amide bonds. The lowest BCUT2D eigenvalue weighted by Crippen LogP contribution is -2.17. The molecule has 0 aliphatic rings. The highest BCUT2D eigenvalue weighted by Crippen LogP contribution is 2.38. The van der Waals surface area contributed by atoms with Crippen LogP contribution in [0, 0.1) is 0 Å². The van der Waals surface area contributed by atoms with Crippen molar-refractivity contribution in [1.82, 2.24) is 4.98 Å². The van der Waals surface area contributed by atoms with E-state index < -0.39 is 12.1 Å². The first-order valence-corrected chi connectivity index (χ1v) is 5.79. The number of aldehydes is 1. The van der Waals surface area contributed by atoms with Gasteiger partial charge in [-0.1, -0.05) is 18.2 Å². The molecule has 1 aromatic heterocycles. The molecule has 0 bridgehead atoms. The minimum Gasteiger partial charge on any atom is -0.481 e. The van der Waals surface area contributed by atoms with E-state index in [-0.39, 0.29) is 22.6 Å². The number of ether oxygens (including phenoxy) is 2. The Balaban J connectivity index is 2.65. The van der Waals surface area contributed by atoms with E-state index >= 15 is 0 Å². The molecule has 0 N–H and O–H groups in total. The number of hydrogen-bond acceptors (Lipinski definition) is 4. The van der Waals surface area contributed by atoms with E-state index in [0.717, 1.165) is 6.07 Å². The van der Waals surface area contributed by atoms with Crippen molar-refractivity contribution in [3.63, 3.8) is 0 Å². The summed E-state index contributed by atoms with van der Waals surface area (Å²) in [4.78, 5) is 15.0. The Morgan fingerprint density at radius 2 is 1.90 bits per heavy atom. The van der Waals surface area contributed by atoms with Gasteiger partial charge < -0.3 is 9.47 Å². The lowest BCUT2D eigenvalue weighted by Gasteiger charge is -2.15. The van der Waals surface area contributed by atoms with Crippen LogP contribution in [0.3, 0.4) is 0 Å². The highest BCUT2D eigenvalue weighted by Gasteiger charge is 2.32. The number of rotatable bonds is 4. The summed E-state index contributed by atoms with van der Waals surface area (Å²) in [6, 6.07) is 6.86. The minimum absolute atomic E-state index is 0.0397. The second kappa shape index (κ2) is 5.82. The molecule has 0 atom stereocenters. The number of halogens is 3. The zero-order chi connectivity index (χ0) is 15.5. The van der Waals surface area contributed by atoms with Crippen LogP contribution < -0.4 is 9.47 Å². The molecule has 21 heavy (non-hydrogen) atoms. The van der Waals surface area contributed by atoms with Gasteiger partial charge in [-0.2, -0.15) is 0 Å². The molecule has 7 heteroatoms. The highest BCUT2D eigenvalue weighted by molar-refractivity contribution is 5.91. The van der Waals surface area contributed by atoms with Crippen LogP contribution in [-0.2, 0) is 0 Å². The van der Waals surface area contributed by atoms with Crippen molar-refractivity contribution < 1.29 is 27.4 Å². The zero-order valence-corrected chi connectivity index (χ0v) is 10.8. The second-order valence-electron chi connectivity index (χ2n) is 3.95. The molecule has 0 unspecified atom stereocenters. The smallest absolute Gasteiger partial charge is 0.481 e. The Bertz CT molecular complexity index is 656. The summed E-state index contributed by atoms with van der Waals surface area (Å²) in [7, 11) is 1.31. The van der Waals surface area contributed by atoms with Crippen molar-refractivity contribution in [1.29, 1.82) is 0 Å². The molecule has 0 aliphatic heterocycles. The molecular formula is C14H10F3NO3. The third kappa shape index (κ3) is 3.31. The maximum atomic E-state index is 12.5. The molecule has 0 radical (unpaired) electrons. The van der Waals surface area contributed by atoms with E-state index in [9.17, 15) is 18.0 Å². The monoisotopic (exact) mass is 297 g/mol. The van der Waals surface area contributed by atoms with Gasteiger partial charge in [0, 0.05) is 17.3 Å². The summed E-state index contributed by atoms with van der Waals surface area (Å²) >= 11 is 0. The van der Waals surface area contributed by atoms with Crippen LogP contribution in [0.5, 0.6) is 11.6 Å². The molecule has 0 saturated carbocycles. The topological polar surface area (TPSA) is 48.4 Å². The van der Waals surface area contributed by atoms with Gasteiger partial charge in [0.05, 0.1) is 12.7 Å². The number of hydrogen-bond donors (Lipinski definition) is 0. The quantitative estimate of drug-likeness (QED) is 0.811. The van der Waals surface area contributed by atoms with Gasteiger partial charge in [-0.3, -0.25) is 4.79 Å². The maximum Gasteiger partial charge on any atom is 0.573 e. The van der Waals surface area contributed by atoms with Gasteiger partial charge in [-0.15, -0.1) is 13.2 Å². The number of carbonyl (C=O) groups excluding carboxylic acids is 1. The maximum absolute atomic E-state index is 12.5. The van der Waals surface area contributed by atoms with Crippen molar-refractivity contribution in [2.45, 2.75) is 6.36 Å². The van der Waals surface area contributed by atoms with Crippen molar-refractivity contribution in [2.24, 2.45) is 0 Å². The second-order valence-corrected chi connectivity index (χ2v) is 3.95. The Labute approximate surface area is 118 Å². The number of pyridine rings is 1. The lowest BCUT2D eigenvalue weighted by molar-refractivity contribution is -0.274. The molecule has 0 saturated heterocycles. The number of methoxy groups -OCH3 is 1. The predicted octanol–water partition coefficient (Wildman–Crippen LogP) is 3.47. The summed E-state index contributed by atoms with van der Waals surface area (Å²) in [6.07, 6.45) is -2.99. The van der Waals surface area contributed by atoms with Gasteiger partial charge in [0.2, 0.25) is 5.88 Å². The van der Waals surface area contributed by atoms with Gasteiger partial charge >= 0.3 is 6.36 Å². The Kier molecular flexibility index (Phi) is 4.11. The van der Waals surface area contributed by atoms with Crippen molar-refractivity contribution in [3.8, 4) is 22.8 Å². The van der Waals surface area contributed by atoms with Crippen LogP contribution in [0.2, 0.25) is 0 Å². The number of aromatic nitrogens is 1. The summed E-state index contributed by atoms with van der Waals surface area (Å²) < 4.78 is 46.4. The van der Waals surface area contributed by atoms with Crippen LogP contribution in [0.1, 0.15) is 10.4 Å². The number of carbonyl (C=O) groups is 1. The van der Waals surface area contributed by atoms with Crippen LogP contribution in [0.25, 0.3) is 11.1 Å². The third-order valence-electron chi connectivity index (χ3n) is 2.65. The molecule has 2 aromatic rings. The first-order chi connectivity index (χ1) is 9.96. The van der Waals surface area contributed by atoms with Crippen molar-refractivity contribution in [2.75, 3.05) is 7.11 Å². The van der Waals surface area contributed by atoms with E-state index in [4.69, 9.17) is 4.74 Å². The van der Waals surface area contributed by atoms with Crippen molar-refractivity contribution in [3.05, 3.63) is 42.1 Å². The van der Waals surface area contributed by atoms with Gasteiger partial charge in [-0.05, 0) is 12.1 Å². The average Bonchev–Trinajstić information content (AvgIpc) is 2.45. The van der Waals surface area contributed by atoms with E-state index in [1.54, 1.807) is 0 Å². The van der Waals surface area contributed by atoms with Crippen LogP contribution >= 0.6 is 0 Å². The fraction of sp³-hybridized carbons (Fsp3) is 0.143. The normalized spacial score (nSPS) is 11.0. The van der Waals surface area contributed by atoms with E-state index in [1.165, 1.54) is 37.6 Å². The van der Waals surface area contributed by atoms with Gasteiger partial charge in [0.15, 0.2) is 6.29 Å². The van der Waals surface area contributed by atoms with E-state index in [1.807, 2.05) is 0 Å².